The van der Waals surface area contributed by atoms with Crippen LogP contribution in [0.5, 0.6) is 5.75 Å². The zero-order chi connectivity index (χ0) is 14.5. The van der Waals surface area contributed by atoms with Gasteiger partial charge in [-0.15, -0.1) is 0 Å². The van der Waals surface area contributed by atoms with Crippen LogP contribution >= 0.6 is 0 Å². The number of para-hydroxylation sites is 1. The summed E-state index contributed by atoms with van der Waals surface area (Å²) in [6.45, 7) is 2.49. The molecule has 0 aliphatic rings. The Balaban J connectivity index is 2.28. The van der Waals surface area contributed by atoms with Gasteiger partial charge in [-0.05, 0) is 31.2 Å². The first-order valence-corrected chi connectivity index (χ1v) is 6.23. The number of nitrogen functional groups attached to an aromatic ring is 1. The number of carboxylic acid groups (broad SMARTS) is 1. The molecule has 104 valence electrons. The molecule has 0 amide bonds. The third kappa shape index (κ3) is 3.00. The fourth-order valence-corrected chi connectivity index (χ4v) is 1.85. The molecule has 2 rings (SSSR count). The Morgan fingerprint density at radius 1 is 1.30 bits per heavy atom. The van der Waals surface area contributed by atoms with Crippen LogP contribution in [0.1, 0.15) is 17.3 Å². The van der Waals surface area contributed by atoms with Crippen molar-refractivity contribution in [3.05, 3.63) is 48.0 Å². The van der Waals surface area contributed by atoms with Crippen molar-refractivity contribution in [2.75, 3.05) is 17.7 Å². The first-order valence-electron chi connectivity index (χ1n) is 6.23. The van der Waals surface area contributed by atoms with E-state index in [1.807, 2.05) is 31.2 Å². The lowest BCUT2D eigenvalue weighted by Crippen LogP contribution is -2.05. The highest BCUT2D eigenvalue weighted by Gasteiger charge is 2.11. The molecule has 0 aliphatic heterocycles. The highest BCUT2D eigenvalue weighted by atomic mass is 16.5. The number of rotatable bonds is 5. The third-order valence-electron chi connectivity index (χ3n) is 2.76. The molecule has 0 aromatic heterocycles. The van der Waals surface area contributed by atoms with Gasteiger partial charge in [0.05, 0.1) is 23.5 Å². The van der Waals surface area contributed by atoms with Gasteiger partial charge in [-0.25, -0.2) is 4.79 Å². The van der Waals surface area contributed by atoms with Crippen LogP contribution in [0, 0.1) is 0 Å². The number of aromatic carboxylic acids is 1. The fraction of sp³-hybridized carbons (Fsp3) is 0.133. The van der Waals surface area contributed by atoms with Gasteiger partial charge in [0.25, 0.3) is 0 Å². The van der Waals surface area contributed by atoms with Crippen molar-refractivity contribution in [1.82, 2.24) is 0 Å². The molecule has 0 saturated carbocycles. The maximum Gasteiger partial charge on any atom is 0.337 e. The van der Waals surface area contributed by atoms with E-state index in [0.29, 0.717) is 12.3 Å². The number of carboxylic acids is 1. The molecule has 0 heterocycles. The van der Waals surface area contributed by atoms with Gasteiger partial charge in [0, 0.05) is 11.8 Å². The highest BCUT2D eigenvalue weighted by Crippen LogP contribution is 2.27. The monoisotopic (exact) mass is 272 g/mol. The molecule has 5 nitrogen and oxygen atoms in total. The van der Waals surface area contributed by atoms with Crippen LogP contribution in [0.25, 0.3) is 0 Å². The molecule has 4 N–H and O–H groups in total. The molecule has 0 aliphatic carbocycles. The van der Waals surface area contributed by atoms with Crippen molar-refractivity contribution in [3.8, 4) is 5.75 Å². The van der Waals surface area contributed by atoms with Gasteiger partial charge in [0.2, 0.25) is 0 Å². The first-order chi connectivity index (χ1) is 9.61. The van der Waals surface area contributed by atoms with E-state index in [4.69, 9.17) is 15.6 Å². The lowest BCUT2D eigenvalue weighted by atomic mass is 10.1. The van der Waals surface area contributed by atoms with Crippen LogP contribution in [-0.2, 0) is 0 Å². The van der Waals surface area contributed by atoms with Crippen molar-refractivity contribution < 1.29 is 14.6 Å². The zero-order valence-corrected chi connectivity index (χ0v) is 11.1. The summed E-state index contributed by atoms with van der Waals surface area (Å²) in [5, 5.41) is 12.1. The average Bonchev–Trinajstić information content (AvgIpc) is 2.42. The van der Waals surface area contributed by atoms with Gasteiger partial charge >= 0.3 is 5.97 Å². The van der Waals surface area contributed by atoms with E-state index in [9.17, 15) is 4.79 Å². The highest BCUT2D eigenvalue weighted by molar-refractivity contribution is 5.97. The van der Waals surface area contributed by atoms with Gasteiger partial charge in [0.1, 0.15) is 5.75 Å². The van der Waals surface area contributed by atoms with Crippen molar-refractivity contribution in [1.29, 1.82) is 0 Å². The Kier molecular flexibility index (Phi) is 4.10. The Morgan fingerprint density at radius 2 is 2.05 bits per heavy atom. The summed E-state index contributed by atoms with van der Waals surface area (Å²) in [6.07, 6.45) is 0. The molecule has 0 fully saturated rings. The summed E-state index contributed by atoms with van der Waals surface area (Å²) in [5.74, 6) is -0.306. The average molecular weight is 272 g/mol. The predicted molar refractivity (Wildman–Crippen MR) is 78.7 cm³/mol. The molecule has 2 aromatic rings. The number of carbonyl (C=O) groups is 1. The maximum atomic E-state index is 11.0. The largest absolute Gasteiger partial charge is 0.494 e. The SMILES string of the molecule is CCOc1cccc(Nc2cccc(C(=O)O)c2N)c1. The van der Waals surface area contributed by atoms with E-state index in [1.54, 1.807) is 12.1 Å². The summed E-state index contributed by atoms with van der Waals surface area (Å²) < 4.78 is 5.41. The molecular formula is C15H16N2O3. The standard InChI is InChI=1S/C15H16N2O3/c1-2-20-11-6-3-5-10(9-11)17-13-8-4-7-12(14(13)16)15(18)19/h3-9,17H,2,16H2,1H3,(H,18,19). The summed E-state index contributed by atoms with van der Waals surface area (Å²) >= 11 is 0. The van der Waals surface area contributed by atoms with Crippen molar-refractivity contribution >= 4 is 23.0 Å². The smallest absolute Gasteiger partial charge is 0.337 e. The van der Waals surface area contributed by atoms with E-state index >= 15 is 0 Å². The van der Waals surface area contributed by atoms with Crippen LogP contribution in [-0.4, -0.2) is 17.7 Å². The molecule has 5 heteroatoms. The number of ether oxygens (including phenoxy) is 1. The molecule has 0 spiro atoms. The van der Waals surface area contributed by atoms with Crippen LogP contribution in [0.4, 0.5) is 17.1 Å². The summed E-state index contributed by atoms with van der Waals surface area (Å²) in [6, 6.07) is 12.2. The predicted octanol–water partition coefficient (Wildman–Crippen LogP) is 3.11. The lowest BCUT2D eigenvalue weighted by Gasteiger charge is -2.12. The number of anilines is 3. The van der Waals surface area contributed by atoms with Gasteiger partial charge in [-0.3, -0.25) is 0 Å². The fourth-order valence-electron chi connectivity index (χ4n) is 1.85. The lowest BCUT2D eigenvalue weighted by molar-refractivity contribution is 0.0698. The Morgan fingerprint density at radius 3 is 2.75 bits per heavy atom. The van der Waals surface area contributed by atoms with Crippen molar-refractivity contribution in [3.63, 3.8) is 0 Å². The minimum absolute atomic E-state index is 0.0796. The quantitative estimate of drug-likeness (QED) is 0.728. The maximum absolute atomic E-state index is 11.0. The van der Waals surface area contributed by atoms with Crippen LogP contribution in [0.3, 0.4) is 0 Å². The van der Waals surface area contributed by atoms with E-state index in [-0.39, 0.29) is 11.3 Å². The minimum Gasteiger partial charge on any atom is -0.494 e. The normalized spacial score (nSPS) is 10.1. The minimum atomic E-state index is -1.05. The number of nitrogens with one attached hydrogen (secondary N) is 1. The molecule has 2 aromatic carbocycles. The second-order valence-electron chi connectivity index (χ2n) is 4.16. The van der Waals surface area contributed by atoms with Crippen LogP contribution in [0.2, 0.25) is 0 Å². The van der Waals surface area contributed by atoms with Crippen molar-refractivity contribution in [2.24, 2.45) is 0 Å². The topological polar surface area (TPSA) is 84.6 Å². The van der Waals surface area contributed by atoms with E-state index in [1.165, 1.54) is 6.07 Å². The molecule has 0 saturated heterocycles. The Hall–Kier alpha value is -2.69. The molecule has 0 radical (unpaired) electrons. The van der Waals surface area contributed by atoms with Crippen LogP contribution in [0.15, 0.2) is 42.5 Å². The zero-order valence-electron chi connectivity index (χ0n) is 11.1. The molecule has 20 heavy (non-hydrogen) atoms. The van der Waals surface area contributed by atoms with Gasteiger partial charge < -0.3 is 20.9 Å². The number of hydrogen-bond donors (Lipinski definition) is 3. The van der Waals surface area contributed by atoms with E-state index < -0.39 is 5.97 Å². The Labute approximate surface area is 117 Å². The number of benzene rings is 2. The van der Waals surface area contributed by atoms with E-state index in [0.717, 1.165) is 11.4 Å². The molecule has 0 unspecified atom stereocenters. The summed E-state index contributed by atoms with van der Waals surface area (Å²) in [4.78, 5) is 11.0. The van der Waals surface area contributed by atoms with Gasteiger partial charge in [0.15, 0.2) is 0 Å². The second-order valence-corrected chi connectivity index (χ2v) is 4.16. The molecule has 0 bridgehead atoms. The second kappa shape index (κ2) is 5.97. The van der Waals surface area contributed by atoms with Gasteiger partial charge in [-0.2, -0.15) is 0 Å². The third-order valence-corrected chi connectivity index (χ3v) is 2.76. The summed E-state index contributed by atoms with van der Waals surface area (Å²) in [5.41, 5.74) is 7.48. The van der Waals surface area contributed by atoms with Crippen LogP contribution < -0.4 is 15.8 Å². The molecule has 0 atom stereocenters. The number of nitrogens with two attached hydrogens (primary N) is 1. The van der Waals surface area contributed by atoms with Crippen molar-refractivity contribution in [2.45, 2.75) is 6.92 Å². The molecular weight excluding hydrogens is 256 g/mol. The summed E-state index contributed by atoms with van der Waals surface area (Å²) in [7, 11) is 0. The first kappa shape index (κ1) is 13.7. The van der Waals surface area contributed by atoms with Gasteiger partial charge in [-0.1, -0.05) is 12.1 Å². The number of hydrogen-bond acceptors (Lipinski definition) is 4. The Bertz CT molecular complexity index is 626. The van der Waals surface area contributed by atoms with E-state index in [2.05, 4.69) is 5.32 Å².